The second-order valence-corrected chi connectivity index (χ2v) is 6.16. The summed E-state index contributed by atoms with van der Waals surface area (Å²) in [6.45, 7) is 2.96. The first kappa shape index (κ1) is 13.1. The molecule has 6 nitrogen and oxygen atoms in total. The Morgan fingerprint density at radius 3 is 2.61 bits per heavy atom. The summed E-state index contributed by atoms with van der Waals surface area (Å²) >= 11 is 0. The van der Waals surface area contributed by atoms with Crippen molar-refractivity contribution in [2.45, 2.75) is 26.2 Å². The highest BCUT2D eigenvalue weighted by atomic mass is 32.2. The van der Waals surface area contributed by atoms with Gasteiger partial charge in [-0.1, -0.05) is 6.42 Å². The summed E-state index contributed by atoms with van der Waals surface area (Å²) in [5, 5.41) is 0. The fourth-order valence-corrected chi connectivity index (χ4v) is 3.17. The number of hydrogen-bond acceptors (Lipinski definition) is 4. The van der Waals surface area contributed by atoms with Gasteiger partial charge in [-0.15, -0.1) is 0 Å². The van der Waals surface area contributed by atoms with Crippen molar-refractivity contribution in [1.29, 1.82) is 0 Å². The van der Waals surface area contributed by atoms with Crippen LogP contribution >= 0.6 is 0 Å². The molecule has 0 spiro atoms. The van der Waals surface area contributed by atoms with Crippen LogP contribution in [0.3, 0.4) is 0 Å². The number of pyridine rings is 1. The Hall–Kier alpha value is -1.34. The molecular formula is C11H18N4O2S. The van der Waals surface area contributed by atoms with Gasteiger partial charge in [0.1, 0.15) is 5.82 Å². The van der Waals surface area contributed by atoms with E-state index in [1.807, 2.05) is 6.92 Å². The molecule has 1 aliphatic rings. The van der Waals surface area contributed by atoms with Crippen LogP contribution in [0.5, 0.6) is 0 Å². The molecule has 1 aliphatic heterocycles. The largest absolute Gasteiger partial charge is 0.397 e. The van der Waals surface area contributed by atoms with Gasteiger partial charge in [-0.2, -0.15) is 12.7 Å². The normalized spacial score (nSPS) is 17.6. The Morgan fingerprint density at radius 2 is 2.00 bits per heavy atom. The molecule has 1 fully saturated rings. The van der Waals surface area contributed by atoms with Gasteiger partial charge in [0, 0.05) is 13.1 Å². The maximum atomic E-state index is 12.1. The molecule has 0 aliphatic carbocycles. The van der Waals surface area contributed by atoms with Gasteiger partial charge in [-0.05, 0) is 31.4 Å². The molecule has 18 heavy (non-hydrogen) atoms. The zero-order valence-electron chi connectivity index (χ0n) is 10.4. The van der Waals surface area contributed by atoms with E-state index in [2.05, 4.69) is 9.71 Å². The fourth-order valence-electron chi connectivity index (χ4n) is 1.92. The molecular weight excluding hydrogens is 252 g/mol. The molecule has 100 valence electrons. The van der Waals surface area contributed by atoms with Gasteiger partial charge in [-0.25, -0.2) is 4.98 Å². The monoisotopic (exact) mass is 270 g/mol. The summed E-state index contributed by atoms with van der Waals surface area (Å²) in [5.41, 5.74) is 7.00. The predicted molar refractivity (Wildman–Crippen MR) is 71.4 cm³/mol. The number of aryl methyl sites for hydroxylation is 1. The van der Waals surface area contributed by atoms with E-state index in [-0.39, 0.29) is 0 Å². The minimum atomic E-state index is -3.49. The van der Waals surface area contributed by atoms with Gasteiger partial charge in [-0.3, -0.25) is 4.72 Å². The number of rotatable bonds is 3. The van der Waals surface area contributed by atoms with Crippen LogP contribution in [0.15, 0.2) is 12.3 Å². The Bertz CT molecular complexity index is 524. The third-order valence-corrected chi connectivity index (χ3v) is 4.55. The molecule has 2 rings (SSSR count). The lowest BCUT2D eigenvalue weighted by atomic mass is 10.2. The van der Waals surface area contributed by atoms with E-state index in [1.165, 1.54) is 10.5 Å². The predicted octanol–water partition coefficient (Wildman–Crippen LogP) is 1.11. The first-order chi connectivity index (χ1) is 8.49. The van der Waals surface area contributed by atoms with E-state index >= 15 is 0 Å². The quantitative estimate of drug-likeness (QED) is 0.861. The topological polar surface area (TPSA) is 88.3 Å². The molecule has 2 heterocycles. The third kappa shape index (κ3) is 2.91. The smallest absolute Gasteiger partial charge is 0.302 e. The molecule has 0 aromatic carbocycles. The van der Waals surface area contributed by atoms with Gasteiger partial charge in [0.2, 0.25) is 0 Å². The van der Waals surface area contributed by atoms with Gasteiger partial charge in [0.25, 0.3) is 0 Å². The zero-order valence-corrected chi connectivity index (χ0v) is 11.2. The van der Waals surface area contributed by atoms with Crippen LogP contribution < -0.4 is 10.5 Å². The van der Waals surface area contributed by atoms with Crippen LogP contribution in [0.4, 0.5) is 11.5 Å². The summed E-state index contributed by atoms with van der Waals surface area (Å²) in [5.74, 6) is 0.312. The number of nitrogens with zero attached hydrogens (tertiary/aromatic N) is 2. The van der Waals surface area contributed by atoms with Crippen molar-refractivity contribution in [3.8, 4) is 0 Å². The van der Waals surface area contributed by atoms with E-state index in [0.29, 0.717) is 24.6 Å². The SMILES string of the molecule is Cc1cc(NS(=O)(=O)N2CCCCC2)ncc1N. The van der Waals surface area contributed by atoms with Crippen molar-refractivity contribution in [3.05, 3.63) is 17.8 Å². The van der Waals surface area contributed by atoms with Crippen molar-refractivity contribution in [2.24, 2.45) is 0 Å². The van der Waals surface area contributed by atoms with Crippen LogP contribution in [0.2, 0.25) is 0 Å². The molecule has 7 heteroatoms. The molecule has 1 saturated heterocycles. The summed E-state index contributed by atoms with van der Waals surface area (Å²) < 4.78 is 28.1. The van der Waals surface area contributed by atoms with E-state index in [4.69, 9.17) is 5.73 Å². The molecule has 3 N–H and O–H groups in total. The molecule has 1 aromatic heterocycles. The number of nitrogens with one attached hydrogen (secondary N) is 1. The number of nitrogen functional groups attached to an aromatic ring is 1. The number of hydrogen-bond donors (Lipinski definition) is 2. The second kappa shape index (κ2) is 5.11. The van der Waals surface area contributed by atoms with Crippen LogP contribution in [0.25, 0.3) is 0 Å². The average Bonchev–Trinajstić information content (AvgIpc) is 2.35. The first-order valence-electron chi connectivity index (χ1n) is 5.99. The Labute approximate surface area is 107 Å². The molecule has 0 unspecified atom stereocenters. The van der Waals surface area contributed by atoms with Gasteiger partial charge < -0.3 is 5.73 Å². The lowest BCUT2D eigenvalue weighted by Gasteiger charge is -2.25. The van der Waals surface area contributed by atoms with E-state index in [0.717, 1.165) is 24.8 Å². The number of anilines is 2. The molecule has 0 radical (unpaired) electrons. The van der Waals surface area contributed by atoms with Crippen LogP contribution in [0, 0.1) is 6.92 Å². The van der Waals surface area contributed by atoms with Crippen molar-refractivity contribution < 1.29 is 8.42 Å². The lowest BCUT2D eigenvalue weighted by Crippen LogP contribution is -2.39. The summed E-state index contributed by atoms with van der Waals surface area (Å²) in [7, 11) is -3.49. The molecule has 0 atom stereocenters. The molecule has 1 aromatic rings. The standard InChI is InChI=1S/C11H18N4O2S/c1-9-7-11(13-8-10(9)12)14-18(16,17)15-5-3-2-4-6-15/h7-8H,2-6,12H2,1H3,(H,13,14). The molecule has 0 saturated carbocycles. The van der Waals surface area contributed by atoms with Gasteiger partial charge in [0.15, 0.2) is 0 Å². The maximum Gasteiger partial charge on any atom is 0.302 e. The highest BCUT2D eigenvalue weighted by Gasteiger charge is 2.24. The number of aromatic nitrogens is 1. The highest BCUT2D eigenvalue weighted by Crippen LogP contribution is 2.17. The lowest BCUT2D eigenvalue weighted by molar-refractivity contribution is 0.349. The van der Waals surface area contributed by atoms with E-state index in [9.17, 15) is 8.42 Å². The Balaban J connectivity index is 2.13. The summed E-state index contributed by atoms with van der Waals surface area (Å²) in [6.07, 6.45) is 4.37. The third-order valence-electron chi connectivity index (χ3n) is 3.04. The van der Waals surface area contributed by atoms with Crippen molar-refractivity contribution in [2.75, 3.05) is 23.5 Å². The maximum absolute atomic E-state index is 12.1. The Kier molecular flexibility index (Phi) is 3.72. The van der Waals surface area contributed by atoms with Crippen LogP contribution in [-0.4, -0.2) is 30.8 Å². The van der Waals surface area contributed by atoms with E-state index < -0.39 is 10.2 Å². The fraction of sp³-hybridized carbons (Fsp3) is 0.545. The molecule has 0 bridgehead atoms. The van der Waals surface area contributed by atoms with Gasteiger partial charge in [0.05, 0.1) is 11.9 Å². The summed E-state index contributed by atoms with van der Waals surface area (Å²) in [4.78, 5) is 3.98. The number of piperidine rings is 1. The summed E-state index contributed by atoms with van der Waals surface area (Å²) in [6, 6.07) is 1.64. The van der Waals surface area contributed by atoms with Crippen LogP contribution in [0.1, 0.15) is 24.8 Å². The average molecular weight is 270 g/mol. The minimum absolute atomic E-state index is 0.312. The highest BCUT2D eigenvalue weighted by molar-refractivity contribution is 7.90. The van der Waals surface area contributed by atoms with Crippen molar-refractivity contribution >= 4 is 21.7 Å². The molecule has 0 amide bonds. The Morgan fingerprint density at radius 1 is 1.33 bits per heavy atom. The van der Waals surface area contributed by atoms with Gasteiger partial charge >= 0.3 is 10.2 Å². The zero-order chi connectivity index (χ0) is 13.2. The van der Waals surface area contributed by atoms with E-state index in [1.54, 1.807) is 6.07 Å². The second-order valence-electron chi connectivity index (χ2n) is 4.49. The van der Waals surface area contributed by atoms with Crippen molar-refractivity contribution in [1.82, 2.24) is 9.29 Å². The van der Waals surface area contributed by atoms with Crippen LogP contribution in [-0.2, 0) is 10.2 Å². The minimum Gasteiger partial charge on any atom is -0.397 e. The first-order valence-corrected chi connectivity index (χ1v) is 7.43. The number of nitrogens with two attached hydrogens (primary N) is 1. The van der Waals surface area contributed by atoms with Crippen molar-refractivity contribution in [3.63, 3.8) is 0 Å².